The molecule has 0 N–H and O–H groups in total. The van der Waals surface area contributed by atoms with Crippen LogP contribution in [0.4, 0.5) is 0 Å². The Morgan fingerprint density at radius 2 is 2.09 bits per heavy atom. The van der Waals surface area contributed by atoms with Crippen LogP contribution in [-0.4, -0.2) is 23.9 Å². The van der Waals surface area contributed by atoms with E-state index in [9.17, 15) is 4.79 Å². The number of hydrogen-bond donors (Lipinski definition) is 0. The highest BCUT2D eigenvalue weighted by Gasteiger charge is 2.30. The molecule has 0 rings (SSSR count). The molecule has 0 aromatic heterocycles. The number of hydrogen-bond acceptors (Lipinski definition) is 2. The SMILES string of the molecule is CCOC(C)(CCl)C(=O)CC. The molecule has 3 heteroatoms. The van der Waals surface area contributed by atoms with Crippen LogP contribution in [0.2, 0.25) is 0 Å². The van der Waals surface area contributed by atoms with Crippen LogP contribution in [0.5, 0.6) is 0 Å². The highest BCUT2D eigenvalue weighted by molar-refractivity contribution is 6.20. The normalized spacial score (nSPS) is 16.0. The molecule has 0 heterocycles. The molecular weight excluding hydrogens is 164 g/mol. The highest BCUT2D eigenvalue weighted by atomic mass is 35.5. The Hall–Kier alpha value is -0.0800. The molecule has 2 nitrogen and oxygen atoms in total. The van der Waals surface area contributed by atoms with Crippen LogP contribution in [0, 0.1) is 0 Å². The molecule has 1 atom stereocenters. The second kappa shape index (κ2) is 4.73. The maximum Gasteiger partial charge on any atom is 0.165 e. The molecule has 0 aliphatic rings. The Morgan fingerprint density at radius 1 is 1.55 bits per heavy atom. The minimum absolute atomic E-state index is 0.0642. The molecule has 0 aliphatic heterocycles. The van der Waals surface area contributed by atoms with Crippen LogP contribution in [0.1, 0.15) is 27.2 Å². The van der Waals surface area contributed by atoms with Gasteiger partial charge in [0.1, 0.15) is 5.60 Å². The van der Waals surface area contributed by atoms with E-state index in [0.29, 0.717) is 13.0 Å². The third-order valence-corrected chi connectivity index (χ3v) is 2.14. The molecule has 0 aromatic carbocycles. The third kappa shape index (κ3) is 2.80. The monoisotopic (exact) mass is 178 g/mol. The zero-order chi connectivity index (χ0) is 8.91. The van der Waals surface area contributed by atoms with Crippen molar-refractivity contribution < 1.29 is 9.53 Å². The second-order valence-electron chi connectivity index (χ2n) is 2.57. The summed E-state index contributed by atoms with van der Waals surface area (Å²) in [6.45, 7) is 5.92. The first-order valence-corrected chi connectivity index (χ1v) is 4.37. The van der Waals surface area contributed by atoms with Gasteiger partial charge in [-0.1, -0.05) is 6.92 Å². The Balaban J connectivity index is 4.19. The largest absolute Gasteiger partial charge is 0.367 e. The van der Waals surface area contributed by atoms with Crippen molar-refractivity contribution in [2.75, 3.05) is 12.5 Å². The van der Waals surface area contributed by atoms with Gasteiger partial charge in [0, 0.05) is 13.0 Å². The van der Waals surface area contributed by atoms with Crippen molar-refractivity contribution in [1.82, 2.24) is 0 Å². The van der Waals surface area contributed by atoms with Gasteiger partial charge in [-0.2, -0.15) is 0 Å². The lowest BCUT2D eigenvalue weighted by Crippen LogP contribution is -2.40. The maximum atomic E-state index is 11.2. The number of carbonyl (C=O) groups is 1. The van der Waals surface area contributed by atoms with Gasteiger partial charge in [0.25, 0.3) is 0 Å². The zero-order valence-electron chi connectivity index (χ0n) is 7.32. The molecule has 0 saturated carbocycles. The van der Waals surface area contributed by atoms with E-state index in [1.54, 1.807) is 6.92 Å². The summed E-state index contributed by atoms with van der Waals surface area (Å²) in [5.74, 6) is 0.294. The summed E-state index contributed by atoms with van der Waals surface area (Å²) >= 11 is 5.62. The van der Waals surface area contributed by atoms with Crippen LogP contribution in [0.15, 0.2) is 0 Å². The molecule has 11 heavy (non-hydrogen) atoms. The van der Waals surface area contributed by atoms with Crippen LogP contribution in [0.3, 0.4) is 0 Å². The first-order valence-electron chi connectivity index (χ1n) is 3.84. The van der Waals surface area contributed by atoms with E-state index in [0.717, 1.165) is 0 Å². The van der Waals surface area contributed by atoms with E-state index in [2.05, 4.69) is 0 Å². The van der Waals surface area contributed by atoms with Crippen LogP contribution >= 0.6 is 11.6 Å². The van der Waals surface area contributed by atoms with Crippen molar-refractivity contribution in [3.8, 4) is 0 Å². The van der Waals surface area contributed by atoms with Crippen molar-refractivity contribution >= 4 is 17.4 Å². The van der Waals surface area contributed by atoms with Gasteiger partial charge in [0.05, 0.1) is 5.88 Å². The highest BCUT2D eigenvalue weighted by Crippen LogP contribution is 2.15. The average Bonchev–Trinajstić information content (AvgIpc) is 2.03. The van der Waals surface area contributed by atoms with Gasteiger partial charge in [-0.05, 0) is 13.8 Å². The fourth-order valence-electron chi connectivity index (χ4n) is 0.886. The number of Topliss-reactive ketones (excluding diaryl/α,β-unsaturated/α-hetero) is 1. The molecule has 0 aliphatic carbocycles. The van der Waals surface area contributed by atoms with Gasteiger partial charge in [0.15, 0.2) is 5.78 Å². The summed E-state index contributed by atoms with van der Waals surface area (Å²) in [6, 6.07) is 0. The molecule has 1 unspecified atom stereocenters. The lowest BCUT2D eigenvalue weighted by Gasteiger charge is -2.24. The minimum Gasteiger partial charge on any atom is -0.367 e. The predicted octanol–water partition coefficient (Wildman–Crippen LogP) is 2.00. The quantitative estimate of drug-likeness (QED) is 0.602. The topological polar surface area (TPSA) is 26.3 Å². The predicted molar refractivity (Wildman–Crippen MR) is 46.0 cm³/mol. The lowest BCUT2D eigenvalue weighted by atomic mass is 10.0. The van der Waals surface area contributed by atoms with Crippen LogP contribution in [-0.2, 0) is 9.53 Å². The molecule has 0 amide bonds. The van der Waals surface area contributed by atoms with E-state index >= 15 is 0 Å². The van der Waals surface area contributed by atoms with E-state index < -0.39 is 5.60 Å². The van der Waals surface area contributed by atoms with E-state index in [1.807, 2.05) is 13.8 Å². The number of halogens is 1. The van der Waals surface area contributed by atoms with Crippen molar-refractivity contribution in [2.45, 2.75) is 32.8 Å². The standard InChI is InChI=1S/C8H15ClO2/c1-4-7(10)8(3,6-9)11-5-2/h4-6H2,1-3H3. The summed E-state index contributed by atoms with van der Waals surface area (Å²) in [4.78, 5) is 11.2. The maximum absolute atomic E-state index is 11.2. The number of carbonyl (C=O) groups excluding carboxylic acids is 1. The van der Waals surface area contributed by atoms with Crippen molar-refractivity contribution in [2.24, 2.45) is 0 Å². The number of rotatable bonds is 5. The Bertz CT molecular complexity index is 136. The summed E-state index contributed by atoms with van der Waals surface area (Å²) in [5, 5.41) is 0. The first-order chi connectivity index (χ1) is 5.10. The van der Waals surface area contributed by atoms with Gasteiger partial charge >= 0.3 is 0 Å². The van der Waals surface area contributed by atoms with Crippen LogP contribution < -0.4 is 0 Å². The molecule has 66 valence electrons. The summed E-state index contributed by atoms with van der Waals surface area (Å²) in [5.41, 5.74) is -0.773. The van der Waals surface area contributed by atoms with Crippen LogP contribution in [0.25, 0.3) is 0 Å². The minimum atomic E-state index is -0.773. The molecule has 0 bridgehead atoms. The third-order valence-electron chi connectivity index (χ3n) is 1.63. The second-order valence-corrected chi connectivity index (χ2v) is 2.84. The fraction of sp³-hybridized carbons (Fsp3) is 0.875. The van der Waals surface area contributed by atoms with Gasteiger partial charge in [0.2, 0.25) is 0 Å². The van der Waals surface area contributed by atoms with Gasteiger partial charge in [-0.25, -0.2) is 0 Å². The van der Waals surface area contributed by atoms with Gasteiger partial charge < -0.3 is 4.74 Å². The lowest BCUT2D eigenvalue weighted by molar-refractivity contribution is -0.138. The van der Waals surface area contributed by atoms with Gasteiger partial charge in [-0.15, -0.1) is 11.6 Å². The van der Waals surface area contributed by atoms with Gasteiger partial charge in [-0.3, -0.25) is 4.79 Å². The average molecular weight is 179 g/mol. The van der Waals surface area contributed by atoms with E-state index in [1.165, 1.54) is 0 Å². The van der Waals surface area contributed by atoms with Crippen molar-refractivity contribution in [3.05, 3.63) is 0 Å². The first kappa shape index (κ1) is 10.9. The Labute approximate surface area is 72.9 Å². The molecule has 0 fully saturated rings. The summed E-state index contributed by atoms with van der Waals surface area (Å²) < 4.78 is 5.25. The van der Waals surface area contributed by atoms with Crippen molar-refractivity contribution in [3.63, 3.8) is 0 Å². The molecule has 0 spiro atoms. The Morgan fingerprint density at radius 3 is 2.36 bits per heavy atom. The van der Waals surface area contributed by atoms with E-state index in [-0.39, 0.29) is 11.7 Å². The number of ketones is 1. The molecule has 0 radical (unpaired) electrons. The smallest absolute Gasteiger partial charge is 0.165 e. The number of alkyl halides is 1. The summed E-state index contributed by atoms with van der Waals surface area (Å²) in [7, 11) is 0. The number of ether oxygens (including phenoxy) is 1. The fourth-order valence-corrected chi connectivity index (χ4v) is 1.11. The van der Waals surface area contributed by atoms with E-state index in [4.69, 9.17) is 16.3 Å². The summed E-state index contributed by atoms with van der Waals surface area (Å²) in [6.07, 6.45) is 0.475. The zero-order valence-corrected chi connectivity index (χ0v) is 8.07. The molecule has 0 saturated heterocycles. The molecular formula is C8H15ClO2. The Kier molecular flexibility index (Phi) is 4.69. The molecule has 0 aromatic rings. The van der Waals surface area contributed by atoms with Crippen molar-refractivity contribution in [1.29, 1.82) is 0 Å².